The maximum atomic E-state index is 12.3. The third kappa shape index (κ3) is 4.01. The highest BCUT2D eigenvalue weighted by molar-refractivity contribution is 7.89. The first-order valence-electron chi connectivity index (χ1n) is 7.04. The summed E-state index contributed by atoms with van der Waals surface area (Å²) >= 11 is 0. The molecule has 5 nitrogen and oxygen atoms in total. The van der Waals surface area contributed by atoms with Crippen LogP contribution in [-0.2, 0) is 16.6 Å². The zero-order chi connectivity index (χ0) is 14.8. The molecule has 1 aromatic heterocycles. The summed E-state index contributed by atoms with van der Waals surface area (Å²) < 4.78 is 26.1. The highest BCUT2D eigenvalue weighted by Gasteiger charge is 2.29. The summed E-state index contributed by atoms with van der Waals surface area (Å²) in [5.41, 5.74) is 0.988. The Morgan fingerprint density at radius 3 is 2.60 bits per heavy atom. The van der Waals surface area contributed by atoms with Crippen molar-refractivity contribution >= 4 is 10.0 Å². The topological polar surface area (TPSA) is 62.3 Å². The molecular formula is C14H23N3O2S. The van der Waals surface area contributed by atoms with E-state index in [2.05, 4.69) is 24.1 Å². The van der Waals surface area contributed by atoms with Gasteiger partial charge in [-0.15, -0.1) is 0 Å². The summed E-state index contributed by atoms with van der Waals surface area (Å²) in [6.45, 7) is 5.43. The minimum atomic E-state index is -3.44. The van der Waals surface area contributed by atoms with Gasteiger partial charge >= 0.3 is 0 Å². The van der Waals surface area contributed by atoms with Crippen molar-refractivity contribution in [1.82, 2.24) is 14.6 Å². The van der Waals surface area contributed by atoms with Gasteiger partial charge in [0.1, 0.15) is 0 Å². The van der Waals surface area contributed by atoms with Gasteiger partial charge in [-0.05, 0) is 30.4 Å². The number of nitrogens with zero attached hydrogens (tertiary/aromatic N) is 2. The molecule has 1 saturated carbocycles. The van der Waals surface area contributed by atoms with E-state index in [1.807, 2.05) is 6.07 Å². The van der Waals surface area contributed by atoms with Crippen molar-refractivity contribution in [3.8, 4) is 0 Å². The first-order valence-corrected chi connectivity index (χ1v) is 8.48. The van der Waals surface area contributed by atoms with E-state index in [1.165, 1.54) is 4.31 Å². The van der Waals surface area contributed by atoms with Gasteiger partial charge in [0, 0.05) is 32.4 Å². The van der Waals surface area contributed by atoms with Crippen LogP contribution in [-0.4, -0.2) is 37.3 Å². The van der Waals surface area contributed by atoms with Crippen LogP contribution in [0.4, 0.5) is 0 Å². The Balaban J connectivity index is 2.03. The first kappa shape index (κ1) is 15.4. The number of rotatable bonds is 7. The van der Waals surface area contributed by atoms with Crippen molar-refractivity contribution in [1.29, 1.82) is 0 Å². The van der Waals surface area contributed by atoms with Gasteiger partial charge in [-0.1, -0.05) is 19.9 Å². The van der Waals surface area contributed by atoms with Crippen LogP contribution in [0, 0.1) is 5.92 Å². The van der Waals surface area contributed by atoms with Gasteiger partial charge in [-0.25, -0.2) is 13.4 Å². The second-order valence-corrected chi connectivity index (χ2v) is 7.76. The van der Waals surface area contributed by atoms with Crippen LogP contribution in [0.5, 0.6) is 0 Å². The fourth-order valence-corrected chi connectivity index (χ4v) is 3.06. The molecule has 112 valence electrons. The number of sulfonamides is 1. The van der Waals surface area contributed by atoms with Gasteiger partial charge in [0.2, 0.25) is 0 Å². The largest absolute Gasteiger partial charge is 0.310 e. The summed E-state index contributed by atoms with van der Waals surface area (Å²) in [7, 11) is -1.81. The smallest absolute Gasteiger partial charge is 0.260 e. The lowest BCUT2D eigenvalue weighted by Crippen LogP contribution is -2.29. The van der Waals surface area contributed by atoms with Crippen LogP contribution in [0.3, 0.4) is 0 Å². The Hall–Kier alpha value is -0.980. The fraction of sp³-hybridized carbons (Fsp3) is 0.643. The van der Waals surface area contributed by atoms with Crippen molar-refractivity contribution in [3.05, 3.63) is 23.9 Å². The molecule has 2 rings (SSSR count). The third-order valence-electron chi connectivity index (χ3n) is 3.40. The molecule has 20 heavy (non-hydrogen) atoms. The van der Waals surface area contributed by atoms with E-state index in [1.54, 1.807) is 19.3 Å². The Morgan fingerprint density at radius 1 is 1.40 bits per heavy atom. The predicted octanol–water partition coefficient (Wildman–Crippen LogP) is 1.61. The Bertz CT molecular complexity index is 536. The van der Waals surface area contributed by atoms with Gasteiger partial charge in [0.15, 0.2) is 5.03 Å². The molecule has 1 aliphatic rings. The van der Waals surface area contributed by atoms with Gasteiger partial charge in [0.05, 0.1) is 0 Å². The SMILES string of the molecule is CC(C)NCc1ccc(S(=O)(=O)N(C)CC2CC2)nc1. The van der Waals surface area contributed by atoms with E-state index in [4.69, 9.17) is 0 Å². The van der Waals surface area contributed by atoms with Crippen molar-refractivity contribution in [2.75, 3.05) is 13.6 Å². The molecule has 1 N–H and O–H groups in total. The molecule has 0 atom stereocenters. The number of nitrogens with one attached hydrogen (secondary N) is 1. The Labute approximate surface area is 121 Å². The van der Waals surface area contributed by atoms with Crippen LogP contribution in [0.25, 0.3) is 0 Å². The Kier molecular flexibility index (Phi) is 4.78. The maximum Gasteiger partial charge on any atom is 0.260 e. The van der Waals surface area contributed by atoms with E-state index in [0.717, 1.165) is 18.4 Å². The quantitative estimate of drug-likeness (QED) is 0.830. The molecule has 0 unspecified atom stereocenters. The molecule has 1 fully saturated rings. The lowest BCUT2D eigenvalue weighted by Gasteiger charge is -2.16. The highest BCUT2D eigenvalue weighted by Crippen LogP contribution is 2.30. The second kappa shape index (κ2) is 6.20. The monoisotopic (exact) mass is 297 g/mol. The van der Waals surface area contributed by atoms with Crippen LogP contribution in [0.15, 0.2) is 23.4 Å². The molecule has 0 bridgehead atoms. The van der Waals surface area contributed by atoms with E-state index >= 15 is 0 Å². The van der Waals surface area contributed by atoms with Crippen LogP contribution < -0.4 is 5.32 Å². The van der Waals surface area contributed by atoms with E-state index in [-0.39, 0.29) is 5.03 Å². The van der Waals surface area contributed by atoms with Crippen molar-refractivity contribution < 1.29 is 8.42 Å². The number of hydrogen-bond acceptors (Lipinski definition) is 4. The zero-order valence-corrected chi connectivity index (χ0v) is 13.2. The molecule has 0 amide bonds. The molecule has 6 heteroatoms. The molecule has 1 heterocycles. The normalized spacial score (nSPS) is 16.1. The lowest BCUT2D eigenvalue weighted by atomic mass is 10.2. The molecule has 0 spiro atoms. The summed E-state index contributed by atoms with van der Waals surface area (Å²) in [5.74, 6) is 0.532. The average Bonchev–Trinajstić information content (AvgIpc) is 3.20. The number of hydrogen-bond donors (Lipinski definition) is 1. The third-order valence-corrected chi connectivity index (χ3v) is 5.14. The van der Waals surface area contributed by atoms with Crippen molar-refractivity contribution in [2.45, 2.75) is 44.3 Å². The van der Waals surface area contributed by atoms with Crippen LogP contribution in [0.1, 0.15) is 32.3 Å². The molecule has 0 radical (unpaired) electrons. The van der Waals surface area contributed by atoms with Gasteiger partial charge in [0.25, 0.3) is 10.0 Å². The lowest BCUT2D eigenvalue weighted by molar-refractivity contribution is 0.450. The van der Waals surface area contributed by atoms with Gasteiger partial charge in [-0.3, -0.25) is 0 Å². The maximum absolute atomic E-state index is 12.3. The van der Waals surface area contributed by atoms with Gasteiger partial charge in [-0.2, -0.15) is 4.31 Å². The molecule has 0 aromatic carbocycles. The average molecular weight is 297 g/mol. The summed E-state index contributed by atoms with van der Waals surface area (Å²) in [6, 6.07) is 3.80. The minimum absolute atomic E-state index is 0.133. The first-order chi connectivity index (χ1) is 9.39. The van der Waals surface area contributed by atoms with Crippen LogP contribution in [0.2, 0.25) is 0 Å². The fourth-order valence-electron chi connectivity index (χ4n) is 1.91. The Morgan fingerprint density at radius 2 is 2.10 bits per heavy atom. The number of aromatic nitrogens is 1. The molecule has 0 saturated heterocycles. The molecule has 0 aliphatic heterocycles. The second-order valence-electron chi connectivity index (χ2n) is 5.77. The van der Waals surface area contributed by atoms with Crippen LogP contribution >= 0.6 is 0 Å². The summed E-state index contributed by atoms with van der Waals surface area (Å²) in [5, 5.41) is 3.41. The standard InChI is InChI=1S/C14H23N3O2S/c1-11(2)15-8-13-6-7-14(16-9-13)20(18,19)17(3)10-12-4-5-12/h6-7,9,11-12,15H,4-5,8,10H2,1-3H3. The molecule has 1 aromatic rings. The van der Waals surface area contributed by atoms with E-state index < -0.39 is 10.0 Å². The van der Waals surface area contributed by atoms with Crippen molar-refractivity contribution in [2.24, 2.45) is 5.92 Å². The minimum Gasteiger partial charge on any atom is -0.310 e. The molecular weight excluding hydrogens is 274 g/mol. The summed E-state index contributed by atoms with van der Waals surface area (Å²) in [6.07, 6.45) is 3.90. The number of pyridine rings is 1. The van der Waals surface area contributed by atoms with E-state index in [0.29, 0.717) is 25.0 Å². The van der Waals surface area contributed by atoms with Crippen molar-refractivity contribution in [3.63, 3.8) is 0 Å². The predicted molar refractivity (Wildman–Crippen MR) is 78.8 cm³/mol. The van der Waals surface area contributed by atoms with E-state index in [9.17, 15) is 8.42 Å². The highest BCUT2D eigenvalue weighted by atomic mass is 32.2. The summed E-state index contributed by atoms with van der Waals surface area (Å²) in [4.78, 5) is 4.11. The van der Waals surface area contributed by atoms with Gasteiger partial charge < -0.3 is 5.32 Å². The molecule has 1 aliphatic carbocycles. The zero-order valence-electron chi connectivity index (χ0n) is 12.3.